The van der Waals surface area contributed by atoms with E-state index in [9.17, 15) is 13.4 Å². The summed E-state index contributed by atoms with van der Waals surface area (Å²) in [6.45, 7) is 0. The third-order valence-electron chi connectivity index (χ3n) is 3.70. The molecule has 1 aromatic carbocycles. The minimum atomic E-state index is -1.62. The molecule has 0 spiro atoms. The fourth-order valence-electron chi connectivity index (χ4n) is 2.27. The number of anilines is 1. The molecule has 25 heavy (non-hydrogen) atoms. The van der Waals surface area contributed by atoms with Crippen LogP contribution in [0.3, 0.4) is 0 Å². The summed E-state index contributed by atoms with van der Waals surface area (Å²) in [7, 11) is 1.63. The van der Waals surface area contributed by atoms with Crippen LogP contribution in [0.25, 0.3) is 0 Å². The molecule has 0 aliphatic heterocycles. The molecule has 2 heterocycles. The van der Waals surface area contributed by atoms with Crippen molar-refractivity contribution in [3.63, 3.8) is 0 Å². The van der Waals surface area contributed by atoms with Crippen LogP contribution in [0, 0.1) is 5.82 Å². The van der Waals surface area contributed by atoms with E-state index in [-0.39, 0.29) is 16.8 Å². The highest BCUT2D eigenvalue weighted by Crippen LogP contribution is 2.19. The maximum Gasteiger partial charge on any atom is 0.276 e. The van der Waals surface area contributed by atoms with Crippen LogP contribution in [0.5, 0.6) is 0 Å². The van der Waals surface area contributed by atoms with Crippen molar-refractivity contribution in [1.29, 1.82) is 0 Å². The summed E-state index contributed by atoms with van der Waals surface area (Å²) in [6.07, 6.45) is 4.58. The molecule has 0 aliphatic rings. The highest BCUT2D eigenvalue weighted by Gasteiger charge is 2.22. The van der Waals surface area contributed by atoms with Gasteiger partial charge in [0.15, 0.2) is 0 Å². The third-order valence-corrected chi connectivity index (χ3v) is 5.11. The van der Waals surface area contributed by atoms with Gasteiger partial charge in [-0.25, -0.2) is 13.6 Å². The zero-order valence-corrected chi connectivity index (χ0v) is 14.4. The molecule has 2 aromatic heterocycles. The minimum Gasteiger partial charge on any atom is -0.316 e. The third kappa shape index (κ3) is 3.34. The highest BCUT2D eigenvalue weighted by atomic mass is 32.2. The van der Waals surface area contributed by atoms with E-state index in [0.29, 0.717) is 10.6 Å². The second-order valence-corrected chi connectivity index (χ2v) is 6.66. The first-order valence-corrected chi connectivity index (χ1v) is 8.51. The van der Waals surface area contributed by atoms with Gasteiger partial charge in [0.25, 0.3) is 5.91 Å². The number of nitrogens with zero attached hydrogens (tertiary/aromatic N) is 4. The van der Waals surface area contributed by atoms with E-state index >= 15 is 0 Å². The first-order chi connectivity index (χ1) is 12.0. The summed E-state index contributed by atoms with van der Waals surface area (Å²) < 4.78 is 27.1. The van der Waals surface area contributed by atoms with Gasteiger partial charge in [-0.3, -0.25) is 9.78 Å². The van der Waals surface area contributed by atoms with Crippen LogP contribution in [0.4, 0.5) is 10.1 Å². The first-order valence-electron chi connectivity index (χ1n) is 7.36. The summed E-state index contributed by atoms with van der Waals surface area (Å²) in [6, 6.07) is 8.83. The quantitative estimate of drug-likeness (QED) is 0.718. The van der Waals surface area contributed by atoms with E-state index in [1.54, 1.807) is 38.6 Å². The smallest absolute Gasteiger partial charge is 0.276 e. The van der Waals surface area contributed by atoms with Gasteiger partial charge in [-0.15, -0.1) is 0 Å². The minimum absolute atomic E-state index is 0.217. The van der Waals surface area contributed by atoms with Crippen LogP contribution in [-0.2, 0) is 17.8 Å². The van der Waals surface area contributed by atoms with E-state index in [4.69, 9.17) is 0 Å². The van der Waals surface area contributed by atoms with Gasteiger partial charge in [-0.1, -0.05) is 0 Å². The molecule has 128 valence electrons. The number of hydrogen-bond donors (Lipinski definition) is 0. The number of carbonyl (C=O) groups excluding carboxylic acids is 1. The number of pyridine rings is 1. The second-order valence-electron chi connectivity index (χ2n) is 5.28. The molecule has 0 aliphatic carbocycles. The molecule has 8 heteroatoms. The number of carbonyl (C=O) groups is 1. The maximum atomic E-state index is 13.0. The number of amides is 1. The Morgan fingerprint density at radius 2 is 1.92 bits per heavy atom. The van der Waals surface area contributed by atoms with E-state index in [1.165, 1.54) is 39.9 Å². The van der Waals surface area contributed by atoms with Crippen molar-refractivity contribution >= 4 is 22.4 Å². The number of aromatic nitrogens is 3. The summed E-state index contributed by atoms with van der Waals surface area (Å²) in [4.78, 5) is 22.6. The summed E-state index contributed by atoms with van der Waals surface area (Å²) in [5.41, 5.74) is 0.923. The van der Waals surface area contributed by atoms with Gasteiger partial charge in [0.2, 0.25) is 5.16 Å². The average Bonchev–Trinajstić information content (AvgIpc) is 3.02. The number of halogens is 1. The predicted molar refractivity (Wildman–Crippen MR) is 91.3 cm³/mol. The SMILES string of the molecule is CN(C(=O)c1cnc(S(=O)c2ccc(F)cc2)n1C)c1cccnc1. The van der Waals surface area contributed by atoms with Gasteiger partial charge in [-0.2, -0.15) is 0 Å². The Bertz CT molecular complexity index is 926. The lowest BCUT2D eigenvalue weighted by Gasteiger charge is -2.17. The van der Waals surface area contributed by atoms with Gasteiger partial charge >= 0.3 is 0 Å². The van der Waals surface area contributed by atoms with E-state index < -0.39 is 16.6 Å². The molecule has 1 unspecified atom stereocenters. The fourth-order valence-corrected chi connectivity index (χ4v) is 3.36. The monoisotopic (exact) mass is 358 g/mol. The normalized spacial score (nSPS) is 12.0. The van der Waals surface area contributed by atoms with Crippen molar-refractivity contribution < 1.29 is 13.4 Å². The molecule has 3 aromatic rings. The molecule has 0 saturated heterocycles. The van der Waals surface area contributed by atoms with Crippen molar-refractivity contribution in [2.75, 3.05) is 11.9 Å². The largest absolute Gasteiger partial charge is 0.316 e. The lowest BCUT2D eigenvalue weighted by Crippen LogP contribution is -2.28. The van der Waals surface area contributed by atoms with Crippen molar-refractivity contribution in [2.45, 2.75) is 10.1 Å². The number of benzene rings is 1. The number of hydrogen-bond acceptors (Lipinski definition) is 4. The molecule has 3 rings (SSSR count). The van der Waals surface area contributed by atoms with Gasteiger partial charge in [0.1, 0.15) is 22.3 Å². The Balaban J connectivity index is 1.89. The Morgan fingerprint density at radius 3 is 2.56 bits per heavy atom. The standard InChI is InChI=1S/C17H15FN4O2S/c1-21(13-4-3-9-19-10-13)16(23)15-11-20-17(22(15)2)25(24)14-7-5-12(18)6-8-14/h3-11H,1-2H3. The van der Waals surface area contributed by atoms with Gasteiger partial charge in [0, 0.05) is 25.2 Å². The number of imidazole rings is 1. The molecule has 0 bridgehead atoms. The summed E-state index contributed by atoms with van der Waals surface area (Å²) in [5.74, 6) is -0.708. The topological polar surface area (TPSA) is 68.1 Å². The van der Waals surface area contributed by atoms with Crippen LogP contribution < -0.4 is 4.90 Å². The van der Waals surface area contributed by atoms with Crippen molar-refractivity contribution in [1.82, 2.24) is 14.5 Å². The summed E-state index contributed by atoms with van der Waals surface area (Å²) >= 11 is 0. The Kier molecular flexibility index (Phi) is 4.71. The van der Waals surface area contributed by atoms with Gasteiger partial charge in [0.05, 0.1) is 18.1 Å². The lowest BCUT2D eigenvalue weighted by molar-refractivity contribution is 0.0984. The highest BCUT2D eigenvalue weighted by molar-refractivity contribution is 7.85. The lowest BCUT2D eigenvalue weighted by atomic mass is 10.3. The van der Waals surface area contributed by atoms with Crippen LogP contribution >= 0.6 is 0 Å². The van der Waals surface area contributed by atoms with Crippen LogP contribution in [0.1, 0.15) is 10.5 Å². The van der Waals surface area contributed by atoms with Gasteiger partial charge in [-0.05, 0) is 36.4 Å². The molecule has 0 N–H and O–H groups in total. The zero-order valence-electron chi connectivity index (χ0n) is 13.6. The van der Waals surface area contributed by atoms with Crippen LogP contribution in [0.2, 0.25) is 0 Å². The van der Waals surface area contributed by atoms with Crippen molar-refractivity contribution in [2.24, 2.45) is 7.05 Å². The Hall–Kier alpha value is -2.87. The van der Waals surface area contributed by atoms with Gasteiger partial charge < -0.3 is 9.47 Å². The maximum absolute atomic E-state index is 13.0. The second kappa shape index (κ2) is 6.94. The molecule has 0 radical (unpaired) electrons. The first kappa shape index (κ1) is 17.0. The molecule has 1 amide bonds. The Labute approximate surface area is 146 Å². The Morgan fingerprint density at radius 1 is 1.20 bits per heavy atom. The summed E-state index contributed by atoms with van der Waals surface area (Å²) in [5, 5.41) is 0.217. The number of rotatable bonds is 4. The van der Waals surface area contributed by atoms with Crippen LogP contribution in [0.15, 0.2) is 65.0 Å². The predicted octanol–water partition coefficient (Wildman–Crippen LogP) is 2.40. The fraction of sp³-hybridized carbons (Fsp3) is 0.118. The van der Waals surface area contributed by atoms with E-state index in [0.717, 1.165) is 0 Å². The molecule has 0 saturated carbocycles. The molecule has 1 atom stereocenters. The van der Waals surface area contributed by atoms with Crippen molar-refractivity contribution in [3.05, 3.63) is 66.5 Å². The molecule has 6 nitrogen and oxygen atoms in total. The molecular weight excluding hydrogens is 343 g/mol. The molecular formula is C17H15FN4O2S. The van der Waals surface area contributed by atoms with Crippen LogP contribution in [-0.4, -0.2) is 31.7 Å². The van der Waals surface area contributed by atoms with E-state index in [2.05, 4.69) is 9.97 Å². The zero-order chi connectivity index (χ0) is 18.0. The molecule has 0 fully saturated rings. The van der Waals surface area contributed by atoms with Crippen molar-refractivity contribution in [3.8, 4) is 0 Å². The van der Waals surface area contributed by atoms with E-state index in [1.807, 2.05) is 0 Å². The average molecular weight is 358 g/mol.